The summed E-state index contributed by atoms with van der Waals surface area (Å²) in [6, 6.07) is 9.75. The molecule has 0 fully saturated rings. The number of benzene rings is 1. The number of nitrogens with zero attached hydrogens (tertiary/aromatic N) is 1. The van der Waals surface area contributed by atoms with Crippen molar-refractivity contribution in [1.82, 2.24) is 9.88 Å². The third kappa shape index (κ3) is 6.54. The summed E-state index contributed by atoms with van der Waals surface area (Å²) in [5.74, 6) is -0.365. The van der Waals surface area contributed by atoms with Gasteiger partial charge in [-0.05, 0) is 31.4 Å². The number of pyridine rings is 1. The van der Waals surface area contributed by atoms with Gasteiger partial charge in [0.25, 0.3) is 5.91 Å². The Bertz CT molecular complexity index is 988. The van der Waals surface area contributed by atoms with Crippen LogP contribution in [0.2, 0.25) is 0 Å². The molecule has 0 aliphatic carbocycles. The lowest BCUT2D eigenvalue weighted by atomic mass is 10.1. The molecule has 0 spiro atoms. The Kier molecular flexibility index (Phi) is 11.1. The fourth-order valence-electron chi connectivity index (χ4n) is 2.83. The minimum atomic E-state index is -0.365. The van der Waals surface area contributed by atoms with E-state index in [1.807, 2.05) is 76.6 Å². The predicted octanol–water partition coefficient (Wildman–Crippen LogP) is 4.82. The van der Waals surface area contributed by atoms with Crippen LogP contribution in [0.3, 0.4) is 0 Å². The summed E-state index contributed by atoms with van der Waals surface area (Å²) in [7, 11) is 1.84. The first-order valence-electron chi connectivity index (χ1n) is 10.6. The van der Waals surface area contributed by atoms with Crippen molar-refractivity contribution in [2.45, 2.75) is 54.0 Å². The van der Waals surface area contributed by atoms with Gasteiger partial charge < -0.3 is 15.0 Å². The zero-order valence-corrected chi connectivity index (χ0v) is 19.7. The van der Waals surface area contributed by atoms with Crippen molar-refractivity contribution in [2.75, 3.05) is 6.61 Å². The van der Waals surface area contributed by atoms with Crippen molar-refractivity contribution < 1.29 is 9.90 Å². The molecule has 5 nitrogen and oxygen atoms in total. The van der Waals surface area contributed by atoms with Gasteiger partial charge in [-0.2, -0.15) is 0 Å². The summed E-state index contributed by atoms with van der Waals surface area (Å²) in [6.45, 7) is 10.5. The molecular weight excluding hydrogens is 396 g/mol. The summed E-state index contributed by atoms with van der Waals surface area (Å²) in [5.41, 5.74) is 2.06. The van der Waals surface area contributed by atoms with Crippen LogP contribution in [0.5, 0.6) is 0 Å². The van der Waals surface area contributed by atoms with E-state index >= 15 is 0 Å². The molecule has 2 N–H and O–H groups in total. The lowest BCUT2D eigenvalue weighted by Gasteiger charge is -2.08. The number of carbonyl (C=O) groups excluding carboxylic acids is 1. The van der Waals surface area contributed by atoms with Gasteiger partial charge in [-0.1, -0.05) is 57.5 Å². The topological polar surface area (TPSA) is 71.3 Å². The van der Waals surface area contributed by atoms with Gasteiger partial charge in [0, 0.05) is 31.3 Å². The highest BCUT2D eigenvalue weighted by Gasteiger charge is 2.16. The molecule has 30 heavy (non-hydrogen) atoms. The molecule has 2 heterocycles. The Balaban J connectivity index is 0.00000106. The highest BCUT2D eigenvalue weighted by molar-refractivity contribution is 7.18. The normalized spacial score (nSPS) is 9.97. The first-order chi connectivity index (χ1) is 14.5. The molecule has 164 valence electrons. The number of hydrogen-bond donors (Lipinski definition) is 2. The molecule has 3 aromatic rings. The molecule has 2 aromatic heterocycles. The van der Waals surface area contributed by atoms with Crippen molar-refractivity contribution in [2.24, 2.45) is 7.05 Å². The molecule has 0 aliphatic rings. The summed E-state index contributed by atoms with van der Waals surface area (Å²) in [6.07, 6.45) is 2.99. The number of nitrogens with one attached hydrogen (secondary N) is 1. The number of amides is 1. The Labute approximate surface area is 183 Å². The number of carbonyl (C=O) groups is 1. The molecule has 0 unspecified atom stereocenters. The first-order valence-corrected chi connectivity index (χ1v) is 11.4. The molecule has 0 bridgehead atoms. The number of hydrogen-bond acceptors (Lipinski definition) is 4. The molecule has 1 aromatic carbocycles. The average molecular weight is 431 g/mol. The Morgan fingerprint density at radius 3 is 2.37 bits per heavy atom. The van der Waals surface area contributed by atoms with E-state index in [2.05, 4.69) is 5.32 Å². The Morgan fingerprint density at radius 2 is 1.77 bits per heavy atom. The zero-order valence-electron chi connectivity index (χ0n) is 18.9. The van der Waals surface area contributed by atoms with Crippen LogP contribution in [-0.2, 0) is 20.0 Å². The number of aliphatic hydroxyl groups is 1. The number of aliphatic hydroxyl groups excluding tert-OH is 1. The van der Waals surface area contributed by atoms with Crippen molar-refractivity contribution in [3.05, 3.63) is 68.3 Å². The fourth-order valence-corrected chi connectivity index (χ4v) is 3.96. The third-order valence-electron chi connectivity index (χ3n) is 4.30. The fraction of sp³-hybridized carbons (Fsp3) is 0.417. The molecule has 0 saturated heterocycles. The Morgan fingerprint density at radius 1 is 1.13 bits per heavy atom. The maximum atomic E-state index is 12.7. The van der Waals surface area contributed by atoms with Crippen molar-refractivity contribution in [3.8, 4) is 0 Å². The van der Waals surface area contributed by atoms with E-state index in [0.717, 1.165) is 27.3 Å². The van der Waals surface area contributed by atoms with Gasteiger partial charge in [-0.3, -0.25) is 9.59 Å². The van der Waals surface area contributed by atoms with E-state index in [1.54, 1.807) is 6.20 Å². The summed E-state index contributed by atoms with van der Waals surface area (Å²) >= 11 is 1.53. The summed E-state index contributed by atoms with van der Waals surface area (Å²) in [4.78, 5) is 27.2. The number of aryl methyl sites for hydroxylation is 3. The summed E-state index contributed by atoms with van der Waals surface area (Å²) in [5, 5.41) is 12.4. The largest absolute Gasteiger partial charge is 0.396 e. The SMILES string of the molecule is CC.CC.Cc1ccc(CNC(=O)c2cn(C)c3sc(CCCO)cc3c2=O)cc1. The molecular formula is C24H34N2O3S. The van der Waals surface area contributed by atoms with E-state index in [1.165, 1.54) is 11.3 Å². The molecule has 3 rings (SSSR count). The highest BCUT2D eigenvalue weighted by atomic mass is 32.1. The molecule has 0 saturated carbocycles. The number of thiophene rings is 1. The van der Waals surface area contributed by atoms with Crippen LogP contribution in [0.25, 0.3) is 10.2 Å². The summed E-state index contributed by atoms with van der Waals surface area (Å²) < 4.78 is 1.82. The van der Waals surface area contributed by atoms with Gasteiger partial charge in [0.15, 0.2) is 0 Å². The van der Waals surface area contributed by atoms with Crippen LogP contribution in [-0.4, -0.2) is 22.2 Å². The number of aromatic nitrogens is 1. The van der Waals surface area contributed by atoms with Crippen molar-refractivity contribution in [1.29, 1.82) is 0 Å². The lowest BCUT2D eigenvalue weighted by Crippen LogP contribution is -2.29. The van der Waals surface area contributed by atoms with Crippen LogP contribution < -0.4 is 10.7 Å². The van der Waals surface area contributed by atoms with Crippen LogP contribution >= 0.6 is 11.3 Å². The van der Waals surface area contributed by atoms with Gasteiger partial charge in [0.05, 0.1) is 5.39 Å². The van der Waals surface area contributed by atoms with E-state index in [4.69, 9.17) is 5.11 Å². The van der Waals surface area contributed by atoms with Gasteiger partial charge in [0.2, 0.25) is 5.43 Å². The molecule has 1 amide bonds. The lowest BCUT2D eigenvalue weighted by molar-refractivity contribution is 0.0949. The van der Waals surface area contributed by atoms with Gasteiger partial charge in [0.1, 0.15) is 10.4 Å². The first kappa shape index (κ1) is 25.6. The van der Waals surface area contributed by atoms with E-state index in [-0.39, 0.29) is 23.5 Å². The average Bonchev–Trinajstić information content (AvgIpc) is 3.22. The molecule has 0 radical (unpaired) electrons. The monoisotopic (exact) mass is 430 g/mol. The maximum absolute atomic E-state index is 12.7. The van der Waals surface area contributed by atoms with Gasteiger partial charge in [-0.25, -0.2) is 0 Å². The second kappa shape index (κ2) is 13.0. The Hall–Kier alpha value is -2.44. The third-order valence-corrected chi connectivity index (χ3v) is 5.58. The van der Waals surface area contributed by atoms with E-state index < -0.39 is 0 Å². The smallest absolute Gasteiger partial charge is 0.257 e. The highest BCUT2D eigenvalue weighted by Crippen LogP contribution is 2.24. The quantitative estimate of drug-likeness (QED) is 0.589. The molecule has 6 heteroatoms. The predicted molar refractivity (Wildman–Crippen MR) is 128 cm³/mol. The van der Waals surface area contributed by atoms with Crippen molar-refractivity contribution in [3.63, 3.8) is 0 Å². The minimum Gasteiger partial charge on any atom is -0.396 e. The van der Waals surface area contributed by atoms with Crippen LogP contribution in [0, 0.1) is 6.92 Å². The second-order valence-corrected chi connectivity index (χ2v) is 7.52. The zero-order chi connectivity index (χ0) is 22.7. The minimum absolute atomic E-state index is 0.122. The van der Waals surface area contributed by atoms with E-state index in [0.29, 0.717) is 18.4 Å². The molecule has 0 aliphatic heterocycles. The number of fused-ring (bicyclic) bond motifs is 1. The molecule has 0 atom stereocenters. The van der Waals surface area contributed by atoms with E-state index in [9.17, 15) is 9.59 Å². The van der Waals surface area contributed by atoms with Crippen LogP contribution in [0.1, 0.15) is 60.5 Å². The van der Waals surface area contributed by atoms with Crippen LogP contribution in [0.4, 0.5) is 0 Å². The second-order valence-electron chi connectivity index (χ2n) is 6.41. The van der Waals surface area contributed by atoms with Gasteiger partial charge >= 0.3 is 0 Å². The maximum Gasteiger partial charge on any atom is 0.257 e. The van der Waals surface area contributed by atoms with Gasteiger partial charge in [-0.15, -0.1) is 11.3 Å². The van der Waals surface area contributed by atoms with Crippen molar-refractivity contribution >= 4 is 27.5 Å². The standard InChI is InChI=1S/C20H22N2O3S.2C2H6/c1-13-5-7-14(8-6-13)11-21-19(25)17-12-22(2)20-16(18(17)24)10-15(26-20)4-3-9-23;2*1-2/h5-8,10,12,23H,3-4,9,11H2,1-2H3,(H,21,25);2*1-2H3. The number of rotatable bonds is 6. The van der Waals surface area contributed by atoms with Crippen LogP contribution in [0.15, 0.2) is 41.3 Å².